The van der Waals surface area contributed by atoms with Gasteiger partial charge < -0.3 is 26.0 Å². The molecule has 0 saturated heterocycles. The number of benzene rings is 3. The SMILES string of the molecule is Nc1cc(N)cc(CC(=Cc2ccc(OC(=O)c3ccc(OCCCCC(F)(F)F)cc3)cc2)C(=O)O)c1. The number of carbonyl (C=O) groups is 2. The number of aliphatic carboxylic acids is 1. The largest absolute Gasteiger partial charge is 0.494 e. The van der Waals surface area contributed by atoms with Crippen LogP contribution >= 0.6 is 0 Å². The van der Waals surface area contributed by atoms with Crippen LogP contribution in [0.4, 0.5) is 24.5 Å². The smallest absolute Gasteiger partial charge is 0.389 e. The third kappa shape index (κ3) is 9.20. The summed E-state index contributed by atoms with van der Waals surface area (Å²) in [6.45, 7) is 0.137. The van der Waals surface area contributed by atoms with Crippen molar-refractivity contribution in [3.63, 3.8) is 0 Å². The fraction of sp³-hybridized carbons (Fsp3) is 0.214. The molecule has 0 spiro atoms. The van der Waals surface area contributed by atoms with Crippen LogP contribution in [0.5, 0.6) is 11.5 Å². The van der Waals surface area contributed by atoms with Crippen LogP contribution in [0, 0.1) is 0 Å². The van der Waals surface area contributed by atoms with Crippen molar-refractivity contribution >= 4 is 29.4 Å². The number of carbonyl (C=O) groups excluding carboxylic acids is 1. The molecule has 0 aliphatic rings. The topological polar surface area (TPSA) is 125 Å². The van der Waals surface area contributed by atoms with E-state index in [1.54, 1.807) is 42.5 Å². The van der Waals surface area contributed by atoms with Crippen LogP contribution in [0.2, 0.25) is 0 Å². The lowest BCUT2D eigenvalue weighted by molar-refractivity contribution is -0.136. The number of anilines is 2. The fourth-order valence-electron chi connectivity index (χ4n) is 3.56. The Balaban J connectivity index is 1.56. The quantitative estimate of drug-likeness (QED) is 0.0931. The van der Waals surface area contributed by atoms with Crippen molar-refractivity contribution < 1.29 is 37.3 Å². The minimum Gasteiger partial charge on any atom is -0.494 e. The lowest BCUT2D eigenvalue weighted by Crippen LogP contribution is -2.09. The van der Waals surface area contributed by atoms with E-state index in [4.69, 9.17) is 20.9 Å². The van der Waals surface area contributed by atoms with Gasteiger partial charge in [-0.3, -0.25) is 0 Å². The number of nitrogens with two attached hydrogens (primary N) is 2. The summed E-state index contributed by atoms with van der Waals surface area (Å²) in [4.78, 5) is 24.2. The van der Waals surface area contributed by atoms with Gasteiger partial charge in [0.1, 0.15) is 11.5 Å². The predicted molar refractivity (Wildman–Crippen MR) is 138 cm³/mol. The number of hydrogen-bond donors (Lipinski definition) is 3. The van der Waals surface area contributed by atoms with Gasteiger partial charge >= 0.3 is 18.1 Å². The van der Waals surface area contributed by atoms with Crippen LogP contribution in [0.25, 0.3) is 6.08 Å². The van der Waals surface area contributed by atoms with Crippen molar-refractivity contribution in [2.75, 3.05) is 18.1 Å². The molecular formula is C28H27F3N2O5. The highest BCUT2D eigenvalue weighted by Crippen LogP contribution is 2.23. The molecule has 200 valence electrons. The Labute approximate surface area is 217 Å². The van der Waals surface area contributed by atoms with Crippen LogP contribution in [-0.4, -0.2) is 29.8 Å². The first-order valence-electron chi connectivity index (χ1n) is 11.7. The molecule has 0 radical (unpaired) electrons. The number of esters is 1. The van der Waals surface area contributed by atoms with Crippen LogP contribution in [-0.2, 0) is 11.2 Å². The number of carboxylic acids is 1. The van der Waals surface area contributed by atoms with E-state index < -0.39 is 24.5 Å². The molecule has 10 heteroatoms. The molecule has 0 aliphatic heterocycles. The van der Waals surface area contributed by atoms with Gasteiger partial charge in [-0.05, 0) is 84.6 Å². The first kappa shape index (κ1) is 28.1. The Bertz CT molecular complexity index is 1270. The zero-order valence-corrected chi connectivity index (χ0v) is 20.3. The van der Waals surface area contributed by atoms with E-state index in [1.807, 2.05) is 0 Å². The monoisotopic (exact) mass is 528 g/mol. The van der Waals surface area contributed by atoms with E-state index in [1.165, 1.54) is 30.3 Å². The van der Waals surface area contributed by atoms with E-state index in [9.17, 15) is 27.9 Å². The minimum absolute atomic E-state index is 0.0165. The standard InChI is InChI=1S/C28H27F3N2O5/c29-28(30,31)11-1-2-12-37-24-9-5-20(6-10-24)27(36)38-25-7-3-18(4-8-25)13-21(26(34)35)14-19-15-22(32)17-23(33)16-19/h3-10,13,15-17H,1-2,11-12,14,32-33H2,(H,34,35). The highest BCUT2D eigenvalue weighted by Gasteiger charge is 2.25. The Kier molecular flexibility index (Phi) is 9.37. The second-order valence-electron chi connectivity index (χ2n) is 8.56. The molecule has 0 saturated carbocycles. The normalized spacial score (nSPS) is 11.7. The Morgan fingerprint density at radius 2 is 1.47 bits per heavy atom. The molecule has 0 heterocycles. The van der Waals surface area contributed by atoms with Crippen molar-refractivity contribution in [1.82, 2.24) is 0 Å². The van der Waals surface area contributed by atoms with E-state index in [2.05, 4.69) is 0 Å². The molecule has 0 unspecified atom stereocenters. The number of rotatable bonds is 11. The van der Waals surface area contributed by atoms with Crippen molar-refractivity contribution in [1.29, 1.82) is 0 Å². The molecule has 5 N–H and O–H groups in total. The molecular weight excluding hydrogens is 501 g/mol. The molecule has 0 amide bonds. The molecule has 7 nitrogen and oxygen atoms in total. The third-order valence-corrected chi connectivity index (χ3v) is 5.35. The van der Waals surface area contributed by atoms with Crippen LogP contribution < -0.4 is 20.9 Å². The second-order valence-corrected chi connectivity index (χ2v) is 8.56. The molecule has 0 atom stereocenters. The van der Waals surface area contributed by atoms with E-state index >= 15 is 0 Å². The van der Waals surface area contributed by atoms with Crippen LogP contribution in [0.1, 0.15) is 40.7 Å². The van der Waals surface area contributed by atoms with Gasteiger partial charge in [-0.1, -0.05) is 12.1 Å². The van der Waals surface area contributed by atoms with E-state index in [-0.39, 0.29) is 42.8 Å². The van der Waals surface area contributed by atoms with Gasteiger partial charge in [0, 0.05) is 29.8 Å². The van der Waals surface area contributed by atoms with E-state index in [0.29, 0.717) is 28.3 Å². The van der Waals surface area contributed by atoms with E-state index in [0.717, 1.165) is 0 Å². The minimum atomic E-state index is -4.17. The predicted octanol–water partition coefficient (Wildman–Crippen LogP) is 5.89. The van der Waals surface area contributed by atoms with Crippen molar-refractivity contribution in [2.45, 2.75) is 31.9 Å². The van der Waals surface area contributed by atoms with Crippen LogP contribution in [0.3, 0.4) is 0 Å². The fourth-order valence-corrected chi connectivity index (χ4v) is 3.56. The van der Waals surface area contributed by atoms with Gasteiger partial charge in [-0.2, -0.15) is 13.2 Å². The van der Waals surface area contributed by atoms with Gasteiger partial charge in [0.2, 0.25) is 0 Å². The summed E-state index contributed by atoms with van der Waals surface area (Å²) in [6, 6.07) is 17.3. The maximum Gasteiger partial charge on any atom is 0.389 e. The summed E-state index contributed by atoms with van der Waals surface area (Å²) >= 11 is 0. The zero-order valence-electron chi connectivity index (χ0n) is 20.3. The van der Waals surface area contributed by atoms with Crippen molar-refractivity contribution in [3.05, 3.63) is 89.0 Å². The Hall–Kier alpha value is -4.47. The summed E-state index contributed by atoms with van der Waals surface area (Å²) in [5, 5.41) is 9.60. The number of alkyl halides is 3. The van der Waals surface area contributed by atoms with Crippen molar-refractivity contribution in [2.24, 2.45) is 0 Å². The average molecular weight is 529 g/mol. The Morgan fingerprint density at radius 3 is 2.05 bits per heavy atom. The van der Waals surface area contributed by atoms with Gasteiger partial charge in [0.05, 0.1) is 12.2 Å². The lowest BCUT2D eigenvalue weighted by atomic mass is 10.0. The van der Waals surface area contributed by atoms with Gasteiger partial charge in [-0.15, -0.1) is 0 Å². The number of carboxylic acid groups (broad SMARTS) is 1. The number of ether oxygens (including phenoxy) is 2. The number of hydrogen-bond acceptors (Lipinski definition) is 6. The third-order valence-electron chi connectivity index (χ3n) is 5.35. The molecule has 38 heavy (non-hydrogen) atoms. The first-order chi connectivity index (χ1) is 18.0. The average Bonchev–Trinajstić information content (AvgIpc) is 2.83. The van der Waals surface area contributed by atoms with Gasteiger partial charge in [0.25, 0.3) is 0 Å². The van der Waals surface area contributed by atoms with Gasteiger partial charge in [-0.25, -0.2) is 9.59 Å². The molecule has 0 aromatic heterocycles. The number of unbranched alkanes of at least 4 members (excludes halogenated alkanes) is 1. The highest BCUT2D eigenvalue weighted by molar-refractivity contribution is 5.93. The molecule has 3 aromatic rings. The molecule has 3 aromatic carbocycles. The lowest BCUT2D eigenvalue weighted by Gasteiger charge is -2.09. The summed E-state index contributed by atoms with van der Waals surface area (Å²) in [7, 11) is 0. The number of halogens is 3. The Morgan fingerprint density at radius 1 is 0.868 bits per heavy atom. The van der Waals surface area contributed by atoms with Crippen LogP contribution in [0.15, 0.2) is 72.3 Å². The molecule has 0 fully saturated rings. The molecule has 3 rings (SSSR count). The maximum atomic E-state index is 12.4. The summed E-state index contributed by atoms with van der Waals surface area (Å²) in [6.07, 6.45) is -3.15. The summed E-state index contributed by atoms with van der Waals surface area (Å²) < 4.78 is 47.3. The van der Waals surface area contributed by atoms with Crippen molar-refractivity contribution in [3.8, 4) is 11.5 Å². The molecule has 0 aliphatic carbocycles. The molecule has 0 bridgehead atoms. The first-order valence-corrected chi connectivity index (χ1v) is 11.7. The second kappa shape index (κ2) is 12.7. The zero-order chi connectivity index (χ0) is 27.7. The highest BCUT2D eigenvalue weighted by atomic mass is 19.4. The van der Waals surface area contributed by atoms with Gasteiger partial charge in [0.15, 0.2) is 0 Å². The number of nitrogen functional groups attached to an aromatic ring is 2. The summed E-state index contributed by atoms with van der Waals surface area (Å²) in [5.74, 6) is -1.01. The summed E-state index contributed by atoms with van der Waals surface area (Å²) in [5.41, 5.74) is 14.1. The maximum absolute atomic E-state index is 12.4.